The smallest absolute Gasteiger partial charge is 0.340 e. The summed E-state index contributed by atoms with van der Waals surface area (Å²) in [5.41, 5.74) is 7.91. The van der Waals surface area contributed by atoms with Crippen LogP contribution < -0.4 is 10.5 Å². The first-order valence-electron chi connectivity index (χ1n) is 8.52. The van der Waals surface area contributed by atoms with Gasteiger partial charge in [0.15, 0.2) is 0 Å². The van der Waals surface area contributed by atoms with Gasteiger partial charge in [-0.05, 0) is 43.7 Å². The summed E-state index contributed by atoms with van der Waals surface area (Å²) in [6, 6.07) is 12.0. The van der Waals surface area contributed by atoms with Crippen molar-refractivity contribution < 1.29 is 17.9 Å². The molecule has 3 rings (SSSR count). The number of anilines is 2. The number of aromatic nitrogens is 2. The normalized spacial score (nSPS) is 11.2. The minimum absolute atomic E-state index is 0.00407. The Bertz CT molecular complexity index is 1120. The second-order valence-corrected chi connectivity index (χ2v) is 7.73. The van der Waals surface area contributed by atoms with Crippen molar-refractivity contribution in [3.8, 4) is 5.69 Å². The number of esters is 1. The third kappa shape index (κ3) is 3.99. The monoisotopic (exact) mass is 400 g/mol. The fourth-order valence-electron chi connectivity index (χ4n) is 2.60. The molecule has 0 aliphatic heterocycles. The molecule has 8 nitrogen and oxygen atoms in total. The van der Waals surface area contributed by atoms with Gasteiger partial charge in [0, 0.05) is 0 Å². The summed E-state index contributed by atoms with van der Waals surface area (Å²) in [6.45, 7) is 3.80. The Morgan fingerprint density at radius 3 is 2.71 bits per heavy atom. The Morgan fingerprint density at radius 2 is 2.00 bits per heavy atom. The number of hydrogen-bond donors (Lipinski definition) is 2. The fraction of sp³-hybridized carbons (Fsp3) is 0.158. The van der Waals surface area contributed by atoms with E-state index in [1.165, 1.54) is 35.3 Å². The molecule has 146 valence electrons. The summed E-state index contributed by atoms with van der Waals surface area (Å²) >= 11 is 0. The molecule has 0 saturated heterocycles. The van der Waals surface area contributed by atoms with E-state index in [9.17, 15) is 13.2 Å². The van der Waals surface area contributed by atoms with E-state index in [4.69, 9.17) is 10.5 Å². The van der Waals surface area contributed by atoms with E-state index in [1.54, 1.807) is 6.92 Å². The SMILES string of the molecule is CCOC(=O)c1cccc(NS(=O)(=O)c2cnn(-c3cccc(C)c3)c2)c1N. The molecule has 0 aliphatic carbocycles. The molecule has 0 amide bonds. The second-order valence-electron chi connectivity index (χ2n) is 6.05. The highest BCUT2D eigenvalue weighted by molar-refractivity contribution is 7.92. The number of rotatable bonds is 6. The number of para-hydroxylation sites is 1. The molecule has 0 radical (unpaired) electrons. The lowest BCUT2D eigenvalue weighted by atomic mass is 10.1. The van der Waals surface area contributed by atoms with Crippen LogP contribution in [0.2, 0.25) is 0 Å². The molecule has 9 heteroatoms. The van der Waals surface area contributed by atoms with Gasteiger partial charge in [0.1, 0.15) is 4.90 Å². The maximum atomic E-state index is 12.7. The van der Waals surface area contributed by atoms with E-state index in [0.717, 1.165) is 11.3 Å². The summed E-state index contributed by atoms with van der Waals surface area (Å²) < 4.78 is 34.3. The first-order valence-corrected chi connectivity index (χ1v) is 10.0. The molecular weight excluding hydrogens is 380 g/mol. The van der Waals surface area contributed by atoms with Crippen molar-refractivity contribution in [1.82, 2.24) is 9.78 Å². The van der Waals surface area contributed by atoms with Crippen LogP contribution in [-0.4, -0.2) is 30.8 Å². The van der Waals surface area contributed by atoms with Crippen LogP contribution in [0.4, 0.5) is 11.4 Å². The summed E-state index contributed by atoms with van der Waals surface area (Å²) in [6.07, 6.45) is 2.65. The van der Waals surface area contributed by atoms with Crippen LogP contribution in [0.3, 0.4) is 0 Å². The number of sulfonamides is 1. The highest BCUT2D eigenvalue weighted by Gasteiger charge is 2.21. The molecule has 1 heterocycles. The van der Waals surface area contributed by atoms with E-state index >= 15 is 0 Å². The number of carbonyl (C=O) groups is 1. The van der Waals surface area contributed by atoms with Crippen LogP contribution >= 0.6 is 0 Å². The highest BCUT2D eigenvalue weighted by atomic mass is 32.2. The van der Waals surface area contributed by atoms with Crippen molar-refractivity contribution in [2.75, 3.05) is 17.1 Å². The maximum Gasteiger partial charge on any atom is 0.340 e. The molecule has 0 saturated carbocycles. The van der Waals surface area contributed by atoms with Gasteiger partial charge in [-0.2, -0.15) is 5.10 Å². The summed E-state index contributed by atoms with van der Waals surface area (Å²) in [5.74, 6) is -0.617. The van der Waals surface area contributed by atoms with Crippen LogP contribution in [0.1, 0.15) is 22.8 Å². The first kappa shape index (κ1) is 19.4. The molecule has 1 aromatic heterocycles. The van der Waals surface area contributed by atoms with E-state index in [2.05, 4.69) is 9.82 Å². The molecular formula is C19H20N4O4S. The van der Waals surface area contributed by atoms with Crippen LogP contribution in [0.25, 0.3) is 5.69 Å². The molecule has 0 aliphatic rings. The Kier molecular flexibility index (Phi) is 5.36. The number of benzene rings is 2. The fourth-order valence-corrected chi connectivity index (χ4v) is 3.61. The molecule has 0 bridgehead atoms. The lowest BCUT2D eigenvalue weighted by Gasteiger charge is -2.12. The number of nitrogens with zero attached hydrogens (tertiary/aromatic N) is 2. The lowest BCUT2D eigenvalue weighted by molar-refractivity contribution is 0.0527. The Balaban J connectivity index is 1.89. The summed E-state index contributed by atoms with van der Waals surface area (Å²) in [7, 11) is -3.95. The van der Waals surface area contributed by atoms with Crippen molar-refractivity contribution in [2.24, 2.45) is 0 Å². The number of ether oxygens (including phenoxy) is 1. The van der Waals surface area contributed by atoms with Gasteiger partial charge in [0.25, 0.3) is 10.0 Å². The van der Waals surface area contributed by atoms with Gasteiger partial charge in [-0.1, -0.05) is 18.2 Å². The van der Waals surface area contributed by atoms with E-state index in [1.807, 2.05) is 31.2 Å². The maximum absolute atomic E-state index is 12.7. The zero-order chi connectivity index (χ0) is 20.3. The second kappa shape index (κ2) is 7.73. The zero-order valence-corrected chi connectivity index (χ0v) is 16.2. The van der Waals surface area contributed by atoms with E-state index in [-0.39, 0.29) is 28.4 Å². The number of hydrogen-bond acceptors (Lipinski definition) is 6. The molecule has 0 fully saturated rings. The first-order chi connectivity index (χ1) is 13.3. The predicted molar refractivity (Wildman–Crippen MR) is 106 cm³/mol. The van der Waals surface area contributed by atoms with Crippen molar-refractivity contribution in [2.45, 2.75) is 18.7 Å². The minimum atomic E-state index is -3.95. The highest BCUT2D eigenvalue weighted by Crippen LogP contribution is 2.26. The van der Waals surface area contributed by atoms with Gasteiger partial charge in [0.05, 0.1) is 41.6 Å². The van der Waals surface area contributed by atoms with Gasteiger partial charge < -0.3 is 10.5 Å². The Labute approximate surface area is 163 Å². The third-order valence-corrected chi connectivity index (χ3v) is 5.30. The zero-order valence-electron chi connectivity index (χ0n) is 15.4. The molecule has 3 aromatic rings. The van der Waals surface area contributed by atoms with Crippen molar-refractivity contribution in [1.29, 1.82) is 0 Å². The lowest BCUT2D eigenvalue weighted by Crippen LogP contribution is -2.16. The van der Waals surface area contributed by atoms with Gasteiger partial charge in [-0.15, -0.1) is 0 Å². The average Bonchev–Trinajstić information content (AvgIpc) is 3.15. The average molecular weight is 400 g/mol. The largest absolute Gasteiger partial charge is 0.462 e. The van der Waals surface area contributed by atoms with Crippen molar-refractivity contribution in [3.05, 3.63) is 66.0 Å². The standard InChI is InChI=1S/C19H20N4O4S/c1-3-27-19(24)16-8-5-9-17(18(16)20)22-28(25,26)15-11-21-23(12-15)14-7-4-6-13(2)10-14/h4-12,22H,3,20H2,1-2H3. The molecule has 0 spiro atoms. The number of nitrogens with two attached hydrogens (primary N) is 1. The number of nitrogens with one attached hydrogen (secondary N) is 1. The van der Waals surface area contributed by atoms with Gasteiger partial charge in [-0.25, -0.2) is 17.9 Å². The number of aryl methyl sites for hydroxylation is 1. The molecule has 28 heavy (non-hydrogen) atoms. The van der Waals surface area contributed by atoms with E-state index in [0.29, 0.717) is 0 Å². The summed E-state index contributed by atoms with van der Waals surface area (Å²) in [5, 5.41) is 4.12. The Hall–Kier alpha value is -3.33. The quantitative estimate of drug-likeness (QED) is 0.485. The van der Waals surface area contributed by atoms with Gasteiger partial charge in [0.2, 0.25) is 0 Å². The molecule has 0 unspecified atom stereocenters. The topological polar surface area (TPSA) is 116 Å². The van der Waals surface area contributed by atoms with Crippen molar-refractivity contribution >= 4 is 27.4 Å². The van der Waals surface area contributed by atoms with Gasteiger partial charge in [-0.3, -0.25) is 4.72 Å². The van der Waals surface area contributed by atoms with Crippen LogP contribution in [0, 0.1) is 6.92 Å². The molecule has 3 N–H and O–H groups in total. The van der Waals surface area contributed by atoms with Crippen LogP contribution in [0.15, 0.2) is 59.8 Å². The van der Waals surface area contributed by atoms with Crippen molar-refractivity contribution in [3.63, 3.8) is 0 Å². The van der Waals surface area contributed by atoms with Gasteiger partial charge >= 0.3 is 5.97 Å². The number of nitrogen functional groups attached to an aromatic ring is 1. The minimum Gasteiger partial charge on any atom is -0.462 e. The van der Waals surface area contributed by atoms with Crippen LogP contribution in [0.5, 0.6) is 0 Å². The van der Waals surface area contributed by atoms with E-state index < -0.39 is 16.0 Å². The Morgan fingerprint density at radius 1 is 1.25 bits per heavy atom. The molecule has 2 aromatic carbocycles. The summed E-state index contributed by atoms with van der Waals surface area (Å²) in [4.78, 5) is 11.9. The number of carbonyl (C=O) groups excluding carboxylic acids is 1. The molecule has 0 atom stereocenters. The third-order valence-electron chi connectivity index (χ3n) is 3.98. The predicted octanol–water partition coefficient (Wildman–Crippen LogP) is 2.74. The van der Waals surface area contributed by atoms with Crippen LogP contribution in [-0.2, 0) is 14.8 Å².